The fraction of sp³-hybridized carbons (Fsp3) is 0.375. The molecule has 0 spiro atoms. The van der Waals surface area contributed by atoms with Gasteiger partial charge in [-0.15, -0.1) is 0 Å². The highest BCUT2D eigenvalue weighted by Gasteiger charge is 2.49. The molecule has 0 saturated carbocycles. The Balaban J connectivity index is 2.11. The third-order valence-electron chi connectivity index (χ3n) is 5.13. The van der Waals surface area contributed by atoms with Crippen LogP contribution in [0.3, 0.4) is 0 Å². The monoisotopic (exact) mass is 541 g/mol. The zero-order valence-corrected chi connectivity index (χ0v) is 21.7. The first kappa shape index (κ1) is 28.0. The Morgan fingerprint density at radius 3 is 2.35 bits per heavy atom. The average Bonchev–Trinajstić information content (AvgIpc) is 2.75. The van der Waals surface area contributed by atoms with Crippen molar-refractivity contribution in [3.05, 3.63) is 69.1 Å². The van der Waals surface area contributed by atoms with Gasteiger partial charge in [0, 0.05) is 17.4 Å². The quantitative estimate of drug-likeness (QED) is 0.272. The number of hydrogen-bond acceptors (Lipinski definition) is 8. The second kappa shape index (κ2) is 9.69. The molecule has 0 aliphatic rings. The van der Waals surface area contributed by atoms with E-state index in [-0.39, 0.29) is 11.2 Å². The molecule has 200 valence electrons. The lowest BCUT2D eigenvalue weighted by Gasteiger charge is -2.23. The van der Waals surface area contributed by atoms with E-state index in [1.807, 2.05) is 0 Å². The molecule has 1 unspecified atom stereocenters. The minimum absolute atomic E-state index is 0.122. The Morgan fingerprint density at radius 1 is 1.14 bits per heavy atom. The molecule has 0 aliphatic carbocycles. The zero-order chi connectivity index (χ0) is 27.9. The van der Waals surface area contributed by atoms with Crippen molar-refractivity contribution < 1.29 is 35.3 Å². The van der Waals surface area contributed by atoms with Gasteiger partial charge in [0.2, 0.25) is 5.88 Å². The van der Waals surface area contributed by atoms with E-state index in [1.165, 1.54) is 6.20 Å². The van der Waals surface area contributed by atoms with E-state index in [4.69, 9.17) is 4.74 Å². The molecule has 0 fully saturated rings. The highest BCUT2D eigenvalue weighted by atomic mass is 32.2. The van der Waals surface area contributed by atoms with E-state index in [0.29, 0.717) is 16.8 Å². The molecule has 0 amide bonds. The summed E-state index contributed by atoms with van der Waals surface area (Å²) < 4.78 is 72.6. The number of fused-ring (bicyclic) bond motifs is 1. The molecule has 37 heavy (non-hydrogen) atoms. The van der Waals surface area contributed by atoms with Gasteiger partial charge in [-0.25, -0.2) is 4.79 Å². The molecule has 0 saturated heterocycles. The van der Waals surface area contributed by atoms with Gasteiger partial charge in [0.25, 0.3) is 5.56 Å². The number of nitrogens with zero attached hydrogens (tertiary/aromatic N) is 2. The molecule has 1 aromatic carbocycles. The predicted molar refractivity (Wildman–Crippen MR) is 130 cm³/mol. The summed E-state index contributed by atoms with van der Waals surface area (Å²) in [6.45, 7) is 9.68. The average molecular weight is 542 g/mol. The van der Waals surface area contributed by atoms with Gasteiger partial charge in [-0.1, -0.05) is 12.1 Å². The standard InChI is InChI=1S/C24H26F3N3O6S/c1-13-11-17(15(3)28-18-10-8-7-9-16(18)22(32)35-23(4,5)6)19-29-20(14(2)21(31)30(19)12-13)36-37(33,34)24(25,26)27/h7-12,15,28H,1-6H3. The maximum atomic E-state index is 12.9. The van der Waals surface area contributed by atoms with Crippen LogP contribution in [0.2, 0.25) is 0 Å². The van der Waals surface area contributed by atoms with E-state index in [9.17, 15) is 31.2 Å². The Bertz CT molecular complexity index is 1530. The highest BCUT2D eigenvalue weighted by molar-refractivity contribution is 7.87. The van der Waals surface area contributed by atoms with Crippen LogP contribution in [0.15, 0.2) is 41.3 Å². The molecule has 3 aromatic rings. The summed E-state index contributed by atoms with van der Waals surface area (Å²) in [4.78, 5) is 29.6. The smallest absolute Gasteiger partial charge is 0.456 e. The summed E-state index contributed by atoms with van der Waals surface area (Å²) >= 11 is 0. The number of anilines is 1. The van der Waals surface area contributed by atoms with Crippen molar-refractivity contribution in [1.82, 2.24) is 9.38 Å². The second-order valence-electron chi connectivity index (χ2n) is 9.41. The van der Waals surface area contributed by atoms with Crippen LogP contribution in [0.1, 0.15) is 60.8 Å². The maximum Gasteiger partial charge on any atom is 0.534 e. The Morgan fingerprint density at radius 2 is 1.76 bits per heavy atom. The first-order valence-electron chi connectivity index (χ1n) is 11.0. The summed E-state index contributed by atoms with van der Waals surface area (Å²) in [6.07, 6.45) is 1.42. The first-order chi connectivity index (χ1) is 16.9. The largest absolute Gasteiger partial charge is 0.534 e. The van der Waals surface area contributed by atoms with Crippen molar-refractivity contribution >= 4 is 27.4 Å². The number of nitrogens with one attached hydrogen (secondary N) is 1. The van der Waals surface area contributed by atoms with Crippen molar-refractivity contribution in [2.45, 2.75) is 58.7 Å². The van der Waals surface area contributed by atoms with Gasteiger partial charge in [0.1, 0.15) is 11.2 Å². The molecule has 1 N–H and O–H groups in total. The van der Waals surface area contributed by atoms with E-state index in [1.54, 1.807) is 65.0 Å². The molecule has 3 rings (SSSR count). The summed E-state index contributed by atoms with van der Waals surface area (Å²) in [7, 11) is -6.06. The molecule has 9 nitrogen and oxygen atoms in total. The summed E-state index contributed by atoms with van der Waals surface area (Å²) in [6, 6.07) is 7.54. The number of carbonyl (C=O) groups excluding carboxylic acids is 1. The molecule has 1 atom stereocenters. The van der Waals surface area contributed by atoms with Crippen LogP contribution in [-0.4, -0.2) is 34.9 Å². The van der Waals surface area contributed by atoms with Crippen LogP contribution in [0, 0.1) is 13.8 Å². The van der Waals surface area contributed by atoms with Gasteiger partial charge in [0.15, 0.2) is 0 Å². The Kier molecular flexibility index (Phi) is 7.32. The minimum atomic E-state index is -6.06. The maximum absolute atomic E-state index is 12.9. The number of aryl methyl sites for hydroxylation is 1. The van der Waals surface area contributed by atoms with Crippen molar-refractivity contribution in [2.75, 3.05) is 5.32 Å². The highest BCUT2D eigenvalue weighted by Crippen LogP contribution is 2.30. The van der Waals surface area contributed by atoms with E-state index < -0.39 is 50.2 Å². The first-order valence-corrected chi connectivity index (χ1v) is 12.5. The van der Waals surface area contributed by atoms with Gasteiger partial charge in [-0.2, -0.15) is 26.6 Å². The van der Waals surface area contributed by atoms with Gasteiger partial charge >= 0.3 is 21.6 Å². The lowest BCUT2D eigenvalue weighted by Crippen LogP contribution is -2.30. The van der Waals surface area contributed by atoms with Gasteiger partial charge in [-0.05, 0) is 65.3 Å². The topological polar surface area (TPSA) is 116 Å². The van der Waals surface area contributed by atoms with E-state index in [0.717, 1.165) is 11.3 Å². The fourth-order valence-electron chi connectivity index (χ4n) is 3.46. The second-order valence-corrected chi connectivity index (χ2v) is 10.9. The number of carbonyl (C=O) groups is 1. The number of para-hydroxylation sites is 1. The van der Waals surface area contributed by atoms with Gasteiger partial charge < -0.3 is 14.2 Å². The van der Waals surface area contributed by atoms with Crippen molar-refractivity contribution in [2.24, 2.45) is 0 Å². The van der Waals surface area contributed by atoms with Crippen molar-refractivity contribution in [3.8, 4) is 5.88 Å². The number of pyridine rings is 1. The molecule has 2 aromatic heterocycles. The number of esters is 1. The third kappa shape index (κ3) is 6.04. The fourth-order valence-corrected chi connectivity index (χ4v) is 3.92. The molecular formula is C24H26F3N3O6S. The van der Waals surface area contributed by atoms with Crippen LogP contribution in [-0.2, 0) is 14.9 Å². The van der Waals surface area contributed by atoms with Crippen LogP contribution in [0.5, 0.6) is 5.88 Å². The number of halogens is 3. The molecule has 0 radical (unpaired) electrons. The third-order valence-corrected chi connectivity index (χ3v) is 6.07. The molecule has 0 aliphatic heterocycles. The normalized spacial score (nSPS) is 13.3. The zero-order valence-electron chi connectivity index (χ0n) is 20.9. The number of benzene rings is 1. The van der Waals surface area contributed by atoms with Crippen LogP contribution < -0.4 is 15.1 Å². The van der Waals surface area contributed by atoms with E-state index in [2.05, 4.69) is 14.5 Å². The number of alkyl halides is 3. The summed E-state index contributed by atoms with van der Waals surface area (Å²) in [5.41, 5.74) is -6.19. The molecule has 2 heterocycles. The number of ether oxygens (including phenoxy) is 1. The van der Waals surface area contributed by atoms with Crippen LogP contribution in [0.4, 0.5) is 18.9 Å². The predicted octanol–water partition coefficient (Wildman–Crippen LogP) is 4.67. The van der Waals surface area contributed by atoms with Crippen LogP contribution in [0.25, 0.3) is 5.65 Å². The van der Waals surface area contributed by atoms with Gasteiger partial charge in [0.05, 0.1) is 17.2 Å². The minimum Gasteiger partial charge on any atom is -0.456 e. The van der Waals surface area contributed by atoms with Crippen LogP contribution >= 0.6 is 0 Å². The summed E-state index contributed by atoms with van der Waals surface area (Å²) in [5.74, 6) is -1.55. The lowest BCUT2D eigenvalue weighted by atomic mass is 10.1. The number of hydrogen-bond donors (Lipinski definition) is 1. The lowest BCUT2D eigenvalue weighted by molar-refractivity contribution is -0.0501. The molecular weight excluding hydrogens is 515 g/mol. The Hall–Kier alpha value is -3.61. The van der Waals surface area contributed by atoms with Crippen molar-refractivity contribution in [1.29, 1.82) is 0 Å². The van der Waals surface area contributed by atoms with Crippen molar-refractivity contribution in [3.63, 3.8) is 0 Å². The molecule has 0 bridgehead atoms. The molecule has 13 heteroatoms. The number of aromatic nitrogens is 2. The number of rotatable bonds is 6. The van der Waals surface area contributed by atoms with E-state index >= 15 is 0 Å². The Labute approximate surface area is 211 Å². The SMILES string of the molecule is Cc1cc(C(C)Nc2ccccc2C(=O)OC(C)(C)C)c2nc(OS(=O)(=O)C(F)(F)F)c(C)c(=O)n2c1. The van der Waals surface area contributed by atoms with Gasteiger partial charge in [-0.3, -0.25) is 9.20 Å². The summed E-state index contributed by atoms with van der Waals surface area (Å²) in [5, 5.41) is 3.14.